The number of carbonyl (C=O) groups excluding carboxylic acids is 1. The van der Waals surface area contributed by atoms with Crippen LogP contribution in [0.25, 0.3) is 0 Å². The van der Waals surface area contributed by atoms with Gasteiger partial charge in [-0.25, -0.2) is 22.2 Å². The SMILES string of the molecule is O=C(Nc1ccc(Cl)cn1)C(C[C@H]1C[C@@H](F)[C@@H](F)C1)c1ccc(S(=O)(=O)C2CC2)cc1. The molecule has 2 aliphatic carbocycles. The van der Waals surface area contributed by atoms with Gasteiger partial charge < -0.3 is 5.32 Å². The maximum atomic E-state index is 13.7. The Morgan fingerprint density at radius 3 is 2.29 bits per heavy atom. The van der Waals surface area contributed by atoms with Crippen molar-refractivity contribution in [1.29, 1.82) is 0 Å². The van der Waals surface area contributed by atoms with Crippen molar-refractivity contribution in [2.24, 2.45) is 5.92 Å². The van der Waals surface area contributed by atoms with Gasteiger partial charge >= 0.3 is 0 Å². The summed E-state index contributed by atoms with van der Waals surface area (Å²) >= 11 is 5.83. The number of anilines is 1. The fourth-order valence-electron chi connectivity index (χ4n) is 4.07. The summed E-state index contributed by atoms with van der Waals surface area (Å²) in [6.45, 7) is 0. The lowest BCUT2D eigenvalue weighted by atomic mass is 9.87. The van der Waals surface area contributed by atoms with E-state index in [0.29, 0.717) is 29.2 Å². The van der Waals surface area contributed by atoms with Gasteiger partial charge in [0.25, 0.3) is 0 Å². The smallest absolute Gasteiger partial charge is 0.233 e. The maximum absolute atomic E-state index is 13.7. The van der Waals surface area contributed by atoms with Crippen LogP contribution in [0, 0.1) is 5.92 Å². The predicted molar refractivity (Wildman–Crippen MR) is 114 cm³/mol. The van der Waals surface area contributed by atoms with E-state index in [-0.39, 0.29) is 41.2 Å². The molecule has 4 rings (SSSR count). The van der Waals surface area contributed by atoms with Crippen molar-refractivity contribution in [2.75, 3.05) is 5.32 Å². The largest absolute Gasteiger partial charge is 0.310 e. The zero-order valence-electron chi connectivity index (χ0n) is 16.7. The number of hydrogen-bond acceptors (Lipinski definition) is 4. The highest BCUT2D eigenvalue weighted by Gasteiger charge is 2.38. The second-order valence-electron chi connectivity index (χ2n) is 8.32. The van der Waals surface area contributed by atoms with Crippen LogP contribution in [0.15, 0.2) is 47.5 Å². The maximum Gasteiger partial charge on any atom is 0.233 e. The highest BCUT2D eigenvalue weighted by molar-refractivity contribution is 7.92. The molecule has 2 saturated carbocycles. The van der Waals surface area contributed by atoms with Crippen molar-refractivity contribution in [3.05, 3.63) is 53.2 Å². The van der Waals surface area contributed by atoms with E-state index < -0.39 is 28.1 Å². The van der Waals surface area contributed by atoms with Crippen LogP contribution < -0.4 is 5.32 Å². The lowest BCUT2D eigenvalue weighted by Crippen LogP contribution is -2.24. The highest BCUT2D eigenvalue weighted by Crippen LogP contribution is 2.39. The van der Waals surface area contributed by atoms with Crippen molar-refractivity contribution in [3.8, 4) is 0 Å². The van der Waals surface area contributed by atoms with E-state index in [1.165, 1.54) is 18.3 Å². The first-order valence-electron chi connectivity index (χ1n) is 10.3. The first-order valence-corrected chi connectivity index (χ1v) is 12.2. The van der Waals surface area contributed by atoms with E-state index >= 15 is 0 Å². The van der Waals surface area contributed by atoms with Gasteiger partial charge in [-0.1, -0.05) is 23.7 Å². The van der Waals surface area contributed by atoms with Crippen LogP contribution in [0.3, 0.4) is 0 Å². The van der Waals surface area contributed by atoms with Crippen molar-refractivity contribution in [1.82, 2.24) is 4.98 Å². The molecule has 0 spiro atoms. The molecule has 1 unspecified atom stereocenters. The second-order valence-corrected chi connectivity index (χ2v) is 11.0. The Balaban J connectivity index is 1.56. The normalized spacial score (nSPS) is 24.7. The van der Waals surface area contributed by atoms with Gasteiger partial charge in [0.05, 0.1) is 21.1 Å². The second kappa shape index (κ2) is 8.82. The number of carbonyl (C=O) groups is 1. The third kappa shape index (κ3) is 5.06. The van der Waals surface area contributed by atoms with Gasteiger partial charge in [-0.2, -0.15) is 0 Å². The number of rotatable bonds is 7. The molecule has 0 saturated heterocycles. The van der Waals surface area contributed by atoms with Crippen molar-refractivity contribution < 1.29 is 22.0 Å². The predicted octanol–water partition coefficient (Wildman–Crippen LogP) is 4.87. The van der Waals surface area contributed by atoms with E-state index in [1.807, 2.05) is 0 Å². The van der Waals surface area contributed by atoms with Crippen LogP contribution in [0.1, 0.15) is 43.6 Å². The molecule has 1 amide bonds. The van der Waals surface area contributed by atoms with Gasteiger partial charge in [0.1, 0.15) is 18.2 Å². The molecule has 1 aromatic carbocycles. The van der Waals surface area contributed by atoms with Crippen LogP contribution in [-0.2, 0) is 14.6 Å². The minimum Gasteiger partial charge on any atom is -0.310 e. The lowest BCUT2D eigenvalue weighted by molar-refractivity contribution is -0.118. The van der Waals surface area contributed by atoms with Gasteiger partial charge in [-0.05, 0) is 67.9 Å². The van der Waals surface area contributed by atoms with Crippen LogP contribution in [0.4, 0.5) is 14.6 Å². The molecule has 5 nitrogen and oxygen atoms in total. The zero-order valence-corrected chi connectivity index (χ0v) is 18.3. The van der Waals surface area contributed by atoms with Crippen LogP contribution in [0.5, 0.6) is 0 Å². The van der Waals surface area contributed by atoms with Crippen molar-refractivity contribution in [3.63, 3.8) is 0 Å². The molecule has 2 fully saturated rings. The molecule has 1 aromatic heterocycles. The summed E-state index contributed by atoms with van der Waals surface area (Å²) in [5.41, 5.74) is 0.596. The van der Waals surface area contributed by atoms with Crippen LogP contribution >= 0.6 is 11.6 Å². The Kier molecular flexibility index (Phi) is 6.30. The summed E-state index contributed by atoms with van der Waals surface area (Å²) in [7, 11) is -3.34. The van der Waals surface area contributed by atoms with Gasteiger partial charge in [0, 0.05) is 6.20 Å². The van der Waals surface area contributed by atoms with Crippen LogP contribution in [0.2, 0.25) is 5.02 Å². The molecule has 2 aliphatic rings. The molecule has 4 atom stereocenters. The van der Waals surface area contributed by atoms with Gasteiger partial charge in [0.2, 0.25) is 5.91 Å². The highest BCUT2D eigenvalue weighted by atomic mass is 35.5. The van der Waals surface area contributed by atoms with Gasteiger partial charge in [-0.3, -0.25) is 4.79 Å². The standard InChI is InChI=1S/C22H23ClF2N2O3S/c23-15-3-8-21(26-12-15)27-22(28)18(9-13-10-19(24)20(25)11-13)14-1-4-16(5-2-14)31(29,30)17-6-7-17/h1-5,8,12-13,17-20H,6-7,9-11H2,(H,26,27,28)/t13-,18?,19+,20-. The number of aromatic nitrogens is 1. The minimum absolute atomic E-state index is 0.0677. The third-order valence-electron chi connectivity index (χ3n) is 5.95. The topological polar surface area (TPSA) is 76.1 Å². The summed E-state index contributed by atoms with van der Waals surface area (Å²) in [5, 5.41) is 2.83. The number of benzene rings is 1. The molecule has 166 valence electrons. The number of halogens is 3. The van der Waals surface area contributed by atoms with Gasteiger partial charge in [0.15, 0.2) is 9.84 Å². The molecule has 2 aromatic rings. The molecule has 0 aliphatic heterocycles. The molecule has 0 bridgehead atoms. The molecule has 9 heteroatoms. The fraction of sp³-hybridized carbons (Fsp3) is 0.455. The van der Waals surface area contributed by atoms with E-state index in [4.69, 9.17) is 11.6 Å². The quantitative estimate of drug-likeness (QED) is 0.629. The Hall–Kier alpha value is -2.06. The average molecular weight is 469 g/mol. The number of alkyl halides is 2. The van der Waals surface area contributed by atoms with Crippen LogP contribution in [-0.4, -0.2) is 36.9 Å². The molecule has 1 N–H and O–H groups in total. The summed E-state index contributed by atoms with van der Waals surface area (Å²) < 4.78 is 52.3. The summed E-state index contributed by atoms with van der Waals surface area (Å²) in [6.07, 6.45) is 0.0999. The first-order chi connectivity index (χ1) is 14.7. The Labute approximate surface area is 185 Å². The molecule has 1 heterocycles. The summed E-state index contributed by atoms with van der Waals surface area (Å²) in [6, 6.07) is 9.40. The Morgan fingerprint density at radius 1 is 1.10 bits per heavy atom. The Morgan fingerprint density at radius 2 is 1.74 bits per heavy atom. The molecule has 31 heavy (non-hydrogen) atoms. The lowest BCUT2D eigenvalue weighted by Gasteiger charge is -2.21. The number of nitrogens with one attached hydrogen (secondary N) is 1. The number of pyridine rings is 1. The average Bonchev–Trinajstić information content (AvgIpc) is 3.55. The molecular formula is C22H23ClF2N2O3S. The number of nitrogens with zero attached hydrogens (tertiary/aromatic N) is 1. The third-order valence-corrected chi connectivity index (χ3v) is 8.45. The van der Waals surface area contributed by atoms with Crippen molar-refractivity contribution in [2.45, 2.75) is 60.5 Å². The number of hydrogen-bond donors (Lipinski definition) is 1. The zero-order chi connectivity index (χ0) is 22.2. The summed E-state index contributed by atoms with van der Waals surface area (Å²) in [5.74, 6) is -1.04. The van der Waals surface area contributed by atoms with E-state index in [0.717, 1.165) is 0 Å². The summed E-state index contributed by atoms with van der Waals surface area (Å²) in [4.78, 5) is 17.3. The fourth-order valence-corrected chi connectivity index (χ4v) is 5.84. The van der Waals surface area contributed by atoms with E-state index in [9.17, 15) is 22.0 Å². The Bertz CT molecular complexity index is 1030. The number of amides is 1. The molecular weight excluding hydrogens is 446 g/mol. The first kappa shape index (κ1) is 22.1. The monoisotopic (exact) mass is 468 g/mol. The van der Waals surface area contributed by atoms with E-state index in [2.05, 4.69) is 10.3 Å². The van der Waals surface area contributed by atoms with Gasteiger partial charge in [-0.15, -0.1) is 0 Å². The number of sulfone groups is 1. The minimum atomic E-state index is -3.34. The van der Waals surface area contributed by atoms with E-state index in [1.54, 1.807) is 24.3 Å². The van der Waals surface area contributed by atoms with Crippen molar-refractivity contribution >= 4 is 33.2 Å². The molecule has 0 radical (unpaired) electrons.